The molecule has 4 N–H and O–H groups in total. The normalized spacial score (nSPS) is 17.1. The fourth-order valence-electron chi connectivity index (χ4n) is 6.47. The Morgan fingerprint density at radius 1 is 0.821 bits per heavy atom. The molecule has 2 fully saturated rings. The number of piperidine rings is 2. The molecule has 0 saturated carbocycles. The van der Waals surface area contributed by atoms with Crippen molar-refractivity contribution in [2.75, 3.05) is 44.3 Å². The van der Waals surface area contributed by atoms with Crippen molar-refractivity contribution in [2.45, 2.75) is 152 Å². The zero-order chi connectivity index (χ0) is 42.4. The number of carbonyl (C=O) groups is 3. The average Bonchev–Trinajstić information content (AvgIpc) is 3.55. The molecular formula is C42H72N9O5+. The van der Waals surface area contributed by atoms with Crippen molar-refractivity contribution in [3.05, 3.63) is 52.6 Å². The molecule has 56 heavy (non-hydrogen) atoms. The van der Waals surface area contributed by atoms with Gasteiger partial charge in [0, 0.05) is 31.8 Å². The topological polar surface area (TPSA) is 166 Å². The maximum absolute atomic E-state index is 12.6. The smallest absolute Gasteiger partial charge is 0.410 e. The van der Waals surface area contributed by atoms with Gasteiger partial charge >= 0.3 is 12.2 Å². The Morgan fingerprint density at radius 3 is 1.84 bits per heavy atom. The van der Waals surface area contributed by atoms with E-state index in [4.69, 9.17) is 21.1 Å². The van der Waals surface area contributed by atoms with Crippen molar-refractivity contribution in [2.24, 2.45) is 0 Å². The molecule has 2 amide bonds. The number of anilines is 1. The largest absolute Gasteiger partial charge is 0.444 e. The first-order valence-corrected chi connectivity index (χ1v) is 20.2. The number of amides is 2. The van der Waals surface area contributed by atoms with Crippen molar-refractivity contribution in [1.29, 1.82) is 0 Å². The summed E-state index contributed by atoms with van der Waals surface area (Å²) in [6.45, 7) is 30.6. The summed E-state index contributed by atoms with van der Waals surface area (Å²) in [5, 5.41) is 4.66. The standard InChI is InChI=1S/C18H26N4O2.C11H19NO3.C7H11N3.C6H15N/c1-12-10-13(2)22-15(11-12)19-16(20-22)14-8-6-7-9-21(14)17(23)24-18(3,4)5;1-11(2,3)15-10(14)12-7-5-4-6-9(12)8-13;1-5-3-6(2)10(9)7(8)4-5;1-4-7(5-2)6-3/h10-11,14H,6-9H2,1-5H3;8-9H,4-7H2,1-3H3;3-4,8H,9H2,1-2H3;4-6H2,1-3H3/p+1/t14-;;;/m0.../s1. The first kappa shape index (κ1) is 47.7. The van der Waals surface area contributed by atoms with E-state index in [0.717, 1.165) is 73.0 Å². The third-order valence-corrected chi connectivity index (χ3v) is 9.35. The zero-order valence-electron chi connectivity index (χ0n) is 36.6. The van der Waals surface area contributed by atoms with Crippen LogP contribution in [0.2, 0.25) is 0 Å². The molecule has 5 heterocycles. The monoisotopic (exact) mass is 783 g/mol. The summed E-state index contributed by atoms with van der Waals surface area (Å²) in [6, 6.07) is 7.51. The molecule has 5 rings (SSSR count). The van der Waals surface area contributed by atoms with Crippen LogP contribution in [0.1, 0.15) is 135 Å². The van der Waals surface area contributed by atoms with Gasteiger partial charge in [-0.05, 0) is 150 Å². The highest BCUT2D eigenvalue weighted by molar-refractivity contribution is 5.74. The highest BCUT2D eigenvalue weighted by atomic mass is 16.6. The quantitative estimate of drug-likeness (QED) is 0.156. The van der Waals surface area contributed by atoms with Gasteiger partial charge in [-0.2, -0.15) is 0 Å². The van der Waals surface area contributed by atoms with E-state index in [1.54, 1.807) is 4.90 Å². The van der Waals surface area contributed by atoms with Crippen LogP contribution in [0, 0.1) is 27.7 Å². The number of pyridine rings is 2. The number of nitrogens with zero attached hydrogens (tertiary/aromatic N) is 7. The van der Waals surface area contributed by atoms with Crippen LogP contribution in [-0.2, 0) is 14.3 Å². The van der Waals surface area contributed by atoms with E-state index in [1.165, 1.54) is 29.2 Å². The number of aldehydes is 1. The van der Waals surface area contributed by atoms with E-state index in [9.17, 15) is 14.4 Å². The Kier molecular flexibility index (Phi) is 18.5. The van der Waals surface area contributed by atoms with Gasteiger partial charge in [-0.15, -0.1) is 9.77 Å². The first-order valence-electron chi connectivity index (χ1n) is 20.2. The van der Waals surface area contributed by atoms with Gasteiger partial charge in [-0.3, -0.25) is 21.4 Å². The Morgan fingerprint density at radius 2 is 1.34 bits per heavy atom. The lowest BCUT2D eigenvalue weighted by molar-refractivity contribution is -0.630. The molecule has 0 aromatic carbocycles. The number of nitrogen functional groups attached to an aromatic ring is 2. The number of hydrogen-bond acceptors (Lipinski definition) is 10. The minimum absolute atomic E-state index is 0.117. The van der Waals surface area contributed by atoms with Gasteiger partial charge in [0.15, 0.2) is 11.5 Å². The molecule has 2 saturated heterocycles. The number of likely N-dealkylation sites (tertiary alicyclic amines) is 2. The van der Waals surface area contributed by atoms with E-state index in [0.29, 0.717) is 24.7 Å². The number of hydrogen-bond donors (Lipinski definition) is 2. The Bertz CT molecular complexity index is 1680. The van der Waals surface area contributed by atoms with E-state index in [1.807, 2.05) is 85.0 Å². The van der Waals surface area contributed by atoms with Crippen LogP contribution in [0.3, 0.4) is 0 Å². The average molecular weight is 783 g/mol. The number of carbonyl (C=O) groups excluding carboxylic acids is 3. The van der Waals surface area contributed by atoms with E-state index in [-0.39, 0.29) is 24.3 Å². The summed E-state index contributed by atoms with van der Waals surface area (Å²) in [7, 11) is 0. The van der Waals surface area contributed by atoms with E-state index < -0.39 is 11.2 Å². The van der Waals surface area contributed by atoms with Crippen molar-refractivity contribution in [1.82, 2.24) is 29.3 Å². The van der Waals surface area contributed by atoms with Gasteiger partial charge in [0.2, 0.25) is 0 Å². The third kappa shape index (κ3) is 15.2. The third-order valence-electron chi connectivity index (χ3n) is 9.35. The van der Waals surface area contributed by atoms with Crippen molar-refractivity contribution >= 4 is 29.9 Å². The van der Waals surface area contributed by atoms with Crippen LogP contribution in [-0.4, -0.2) is 97.7 Å². The summed E-state index contributed by atoms with van der Waals surface area (Å²) >= 11 is 0. The fourth-order valence-corrected chi connectivity index (χ4v) is 6.47. The first-order chi connectivity index (χ1) is 26.1. The van der Waals surface area contributed by atoms with Crippen molar-refractivity contribution < 1.29 is 28.5 Å². The van der Waals surface area contributed by atoms with Gasteiger partial charge in [0.05, 0.1) is 12.1 Å². The predicted octanol–water partition coefficient (Wildman–Crippen LogP) is 7.02. The minimum atomic E-state index is -0.501. The summed E-state index contributed by atoms with van der Waals surface area (Å²) in [6.07, 6.45) is 5.81. The van der Waals surface area contributed by atoms with Crippen molar-refractivity contribution in [3.8, 4) is 0 Å². The van der Waals surface area contributed by atoms with Crippen LogP contribution >= 0.6 is 0 Å². The molecule has 0 aliphatic carbocycles. The number of aromatic nitrogens is 4. The van der Waals surface area contributed by atoms with Crippen molar-refractivity contribution in [3.63, 3.8) is 0 Å². The lowest BCUT2D eigenvalue weighted by Gasteiger charge is -2.35. The van der Waals surface area contributed by atoms with Gasteiger partial charge in [-0.25, -0.2) is 19.1 Å². The minimum Gasteiger partial charge on any atom is -0.444 e. The predicted molar refractivity (Wildman–Crippen MR) is 223 cm³/mol. The maximum Gasteiger partial charge on any atom is 0.410 e. The highest BCUT2D eigenvalue weighted by Gasteiger charge is 2.34. The second-order valence-corrected chi connectivity index (χ2v) is 16.6. The SMILES string of the molecule is CC(C)(C)OC(=O)N1CCCCC1C=O.CCN(CC)CC.Cc1cc(C)[n+](N)c(N)c1.Cc1cc(C)n2nc([C@@H]3CCCCN3C(=O)OC(C)(C)C)nc2c1. The molecule has 3 aromatic heterocycles. The van der Waals surface area contributed by atoms with Gasteiger partial charge in [-0.1, -0.05) is 20.8 Å². The molecule has 314 valence electrons. The van der Waals surface area contributed by atoms with Crippen LogP contribution < -0.4 is 16.3 Å². The molecular weight excluding hydrogens is 711 g/mol. The van der Waals surface area contributed by atoms with Gasteiger partial charge in [0.25, 0.3) is 5.82 Å². The summed E-state index contributed by atoms with van der Waals surface area (Å²) < 4.78 is 14.1. The summed E-state index contributed by atoms with van der Waals surface area (Å²) in [4.78, 5) is 45.5. The number of nitrogens with two attached hydrogens (primary N) is 2. The summed E-state index contributed by atoms with van der Waals surface area (Å²) in [5.74, 6) is 6.84. The lowest BCUT2D eigenvalue weighted by Crippen LogP contribution is -2.49. The molecule has 0 radical (unpaired) electrons. The van der Waals surface area contributed by atoms with Crippen LogP contribution in [0.25, 0.3) is 5.65 Å². The Labute approximate surface area is 335 Å². The van der Waals surface area contributed by atoms with Crippen LogP contribution in [0.15, 0.2) is 24.3 Å². The van der Waals surface area contributed by atoms with Gasteiger partial charge in [0.1, 0.15) is 23.2 Å². The number of ether oxygens (including phenoxy) is 2. The summed E-state index contributed by atoms with van der Waals surface area (Å²) in [5.41, 5.74) is 9.70. The molecule has 2 aliphatic heterocycles. The fraction of sp³-hybridized carbons (Fsp3) is 0.667. The van der Waals surface area contributed by atoms with Crippen LogP contribution in [0.4, 0.5) is 15.4 Å². The van der Waals surface area contributed by atoms with Crippen LogP contribution in [0.5, 0.6) is 0 Å². The molecule has 14 heteroatoms. The molecule has 1 unspecified atom stereocenters. The Balaban J connectivity index is 0.000000288. The highest BCUT2D eigenvalue weighted by Crippen LogP contribution is 2.31. The number of rotatable bonds is 5. The number of aryl methyl sites for hydroxylation is 4. The molecule has 14 nitrogen and oxygen atoms in total. The van der Waals surface area contributed by atoms with Gasteiger partial charge < -0.3 is 19.2 Å². The molecule has 0 bridgehead atoms. The lowest BCUT2D eigenvalue weighted by atomic mass is 10.0. The van der Waals surface area contributed by atoms with E-state index in [2.05, 4.69) is 48.7 Å². The second kappa shape index (κ2) is 21.7. The zero-order valence-corrected chi connectivity index (χ0v) is 36.6. The second-order valence-electron chi connectivity index (χ2n) is 16.6. The maximum atomic E-state index is 12.6. The molecule has 2 atom stereocenters. The van der Waals surface area contributed by atoms with E-state index >= 15 is 0 Å². The molecule has 3 aromatic rings. The molecule has 0 spiro atoms. The Hall–Kier alpha value is -4.46. The molecule has 2 aliphatic rings. The number of fused-ring (bicyclic) bond motifs is 1.